The molecule has 0 aliphatic heterocycles. The van der Waals surface area contributed by atoms with Gasteiger partial charge in [0, 0.05) is 78.5 Å². The van der Waals surface area contributed by atoms with E-state index in [2.05, 4.69) is 48.9 Å². The Labute approximate surface area is 292 Å². The van der Waals surface area contributed by atoms with Gasteiger partial charge in [0.1, 0.15) is 11.5 Å². The van der Waals surface area contributed by atoms with E-state index in [4.69, 9.17) is 9.47 Å². The molecule has 0 amide bonds. The van der Waals surface area contributed by atoms with Gasteiger partial charge in [-0.1, -0.05) is 50.1 Å². The molecule has 0 aromatic heterocycles. The topological polar surface area (TPSA) is 79.4 Å². The summed E-state index contributed by atoms with van der Waals surface area (Å²) in [6, 6.07) is 38.4. The predicted molar refractivity (Wildman–Crippen MR) is 200 cm³/mol. The lowest BCUT2D eigenvalue weighted by Gasteiger charge is -2.28. The van der Waals surface area contributed by atoms with Crippen LogP contribution in [0.2, 0.25) is 0 Å². The number of hydrogen-bond donors (Lipinski definition) is 0. The van der Waals surface area contributed by atoms with Crippen LogP contribution in [0.3, 0.4) is 0 Å². The first-order valence-corrected chi connectivity index (χ1v) is 15.8. The Morgan fingerprint density at radius 1 is 0.540 bits per heavy atom. The second kappa shape index (κ2) is 16.0. The lowest BCUT2D eigenvalue weighted by molar-refractivity contribution is -0.129. The number of rotatable bonds is 14. The molecule has 0 saturated heterocycles. The molecular formula is C42H37N3O5. The highest BCUT2D eigenvalue weighted by Gasteiger charge is 2.15. The number of esters is 2. The van der Waals surface area contributed by atoms with Crippen LogP contribution < -0.4 is 24.2 Å². The van der Waals surface area contributed by atoms with Gasteiger partial charge in [0.25, 0.3) is 0 Å². The summed E-state index contributed by atoms with van der Waals surface area (Å²) in [5.41, 5.74) is 7.10. The highest BCUT2D eigenvalue weighted by Crippen LogP contribution is 2.34. The van der Waals surface area contributed by atoms with E-state index in [1.54, 1.807) is 30.3 Å². The number of benzene rings is 5. The van der Waals surface area contributed by atoms with Gasteiger partial charge in [-0.2, -0.15) is 0 Å². The van der Waals surface area contributed by atoms with Gasteiger partial charge in [0.2, 0.25) is 0 Å². The normalized spacial score (nSPS) is 10.4. The van der Waals surface area contributed by atoms with E-state index in [0.29, 0.717) is 23.6 Å². The minimum absolute atomic E-state index is 0.127. The van der Waals surface area contributed by atoms with Crippen molar-refractivity contribution in [3.8, 4) is 11.5 Å². The number of anilines is 6. The molecule has 8 nitrogen and oxygen atoms in total. The molecule has 0 N–H and O–H groups in total. The number of hydrogen-bond acceptors (Lipinski definition) is 8. The standard InChI is InChI=1S/C42H37N3O5/c1-6-40(46)31-11-9-12-36(27-31)43(4)32-17-21-34(22-18-32)45(29-30-15-25-38(26-16-30)49-41(47)7-2)35-23-19-33(20-24-35)44(5)37-13-10-14-39(28-37)50-42(48)8-3/h6-28H,1-3,29H2,4-5H3. The Bertz CT molecular complexity index is 2020. The Morgan fingerprint density at radius 3 is 1.54 bits per heavy atom. The number of nitrogens with zero attached hydrogens (tertiary/aromatic N) is 3. The van der Waals surface area contributed by atoms with Crippen molar-refractivity contribution >= 4 is 51.8 Å². The van der Waals surface area contributed by atoms with Crippen molar-refractivity contribution in [1.82, 2.24) is 0 Å². The third kappa shape index (κ3) is 8.42. The fourth-order valence-electron chi connectivity index (χ4n) is 5.24. The van der Waals surface area contributed by atoms with Crippen LogP contribution in [0.1, 0.15) is 15.9 Å². The fourth-order valence-corrected chi connectivity index (χ4v) is 5.24. The summed E-state index contributed by atoms with van der Waals surface area (Å²) in [6.07, 6.45) is 3.57. The number of carbonyl (C=O) groups is 3. The lowest BCUT2D eigenvalue weighted by atomic mass is 10.1. The van der Waals surface area contributed by atoms with Crippen molar-refractivity contribution in [2.75, 3.05) is 28.8 Å². The van der Waals surface area contributed by atoms with Crippen molar-refractivity contribution < 1.29 is 23.9 Å². The van der Waals surface area contributed by atoms with Crippen molar-refractivity contribution in [3.63, 3.8) is 0 Å². The SMILES string of the molecule is C=CC(=O)Oc1ccc(CN(c2ccc(N(C)c3cccc(OC(=O)C=C)c3)cc2)c2ccc(N(C)c3cccc(C(=O)C=C)c3)cc2)cc1. The van der Waals surface area contributed by atoms with Crippen molar-refractivity contribution in [3.05, 3.63) is 170 Å². The second-order valence-corrected chi connectivity index (χ2v) is 11.2. The second-order valence-electron chi connectivity index (χ2n) is 11.2. The van der Waals surface area contributed by atoms with Gasteiger partial charge in [-0.15, -0.1) is 0 Å². The first kappa shape index (κ1) is 34.7. The third-order valence-electron chi connectivity index (χ3n) is 8.04. The van der Waals surface area contributed by atoms with Gasteiger partial charge >= 0.3 is 11.9 Å². The molecule has 5 rings (SSSR count). The number of carbonyl (C=O) groups excluding carboxylic acids is 3. The molecule has 0 bridgehead atoms. The first-order valence-electron chi connectivity index (χ1n) is 15.8. The maximum atomic E-state index is 12.2. The summed E-state index contributed by atoms with van der Waals surface area (Å²) in [4.78, 5) is 41.8. The van der Waals surface area contributed by atoms with E-state index in [1.165, 1.54) is 6.08 Å². The minimum atomic E-state index is -0.518. The smallest absolute Gasteiger partial charge is 0.335 e. The molecule has 8 heteroatoms. The van der Waals surface area contributed by atoms with Gasteiger partial charge in [-0.05, 0) is 96.6 Å². The molecule has 0 saturated carbocycles. The minimum Gasteiger partial charge on any atom is -0.423 e. The van der Waals surface area contributed by atoms with Crippen LogP contribution in [0.15, 0.2) is 159 Å². The number of ketones is 1. The van der Waals surface area contributed by atoms with E-state index in [-0.39, 0.29) is 5.78 Å². The number of ether oxygens (including phenoxy) is 2. The molecule has 5 aromatic carbocycles. The molecule has 0 spiro atoms. The van der Waals surface area contributed by atoms with Crippen LogP contribution in [0.4, 0.5) is 34.1 Å². The molecule has 5 aromatic rings. The molecule has 0 aliphatic rings. The molecule has 0 heterocycles. The van der Waals surface area contributed by atoms with Crippen molar-refractivity contribution in [2.24, 2.45) is 0 Å². The average molecular weight is 664 g/mol. The van der Waals surface area contributed by atoms with E-state index in [1.807, 2.05) is 90.6 Å². The predicted octanol–water partition coefficient (Wildman–Crippen LogP) is 9.11. The quantitative estimate of drug-likeness (QED) is 0.0504. The monoisotopic (exact) mass is 663 g/mol. The van der Waals surface area contributed by atoms with Gasteiger partial charge in [-0.25, -0.2) is 9.59 Å². The van der Waals surface area contributed by atoms with Crippen LogP contribution in [0.25, 0.3) is 0 Å². The lowest BCUT2D eigenvalue weighted by Crippen LogP contribution is -2.17. The zero-order valence-electron chi connectivity index (χ0n) is 28.0. The summed E-state index contributed by atoms with van der Waals surface area (Å²) < 4.78 is 10.6. The highest BCUT2D eigenvalue weighted by atomic mass is 16.5. The highest BCUT2D eigenvalue weighted by molar-refractivity contribution is 6.04. The van der Waals surface area contributed by atoms with Gasteiger partial charge < -0.3 is 24.2 Å². The average Bonchev–Trinajstić information content (AvgIpc) is 3.16. The van der Waals surface area contributed by atoms with Crippen LogP contribution in [-0.4, -0.2) is 31.8 Å². The summed E-state index contributed by atoms with van der Waals surface area (Å²) in [6.45, 7) is 11.0. The molecule has 0 fully saturated rings. The van der Waals surface area contributed by atoms with Gasteiger partial charge in [-0.3, -0.25) is 4.79 Å². The molecule has 0 unspecified atom stereocenters. The largest absolute Gasteiger partial charge is 0.423 e. The summed E-state index contributed by atoms with van der Waals surface area (Å²) in [7, 11) is 3.90. The third-order valence-corrected chi connectivity index (χ3v) is 8.04. The van der Waals surface area contributed by atoms with E-state index < -0.39 is 11.9 Å². The van der Waals surface area contributed by atoms with Crippen LogP contribution in [0.5, 0.6) is 11.5 Å². The van der Waals surface area contributed by atoms with E-state index in [9.17, 15) is 14.4 Å². The molecular weight excluding hydrogens is 626 g/mol. The fraction of sp³-hybridized carbons (Fsp3) is 0.0714. The molecule has 0 atom stereocenters. The van der Waals surface area contributed by atoms with Gasteiger partial charge in [0.05, 0.1) is 0 Å². The Hall–Kier alpha value is -6.67. The van der Waals surface area contributed by atoms with Crippen molar-refractivity contribution in [2.45, 2.75) is 6.54 Å². The summed E-state index contributed by atoms with van der Waals surface area (Å²) in [5.74, 6) is -0.294. The van der Waals surface area contributed by atoms with Crippen LogP contribution >= 0.6 is 0 Å². The zero-order chi connectivity index (χ0) is 35.6. The maximum Gasteiger partial charge on any atom is 0.335 e. The van der Waals surface area contributed by atoms with E-state index in [0.717, 1.165) is 51.8 Å². The van der Waals surface area contributed by atoms with E-state index >= 15 is 0 Å². The Morgan fingerprint density at radius 2 is 1.02 bits per heavy atom. The zero-order valence-corrected chi connectivity index (χ0v) is 28.0. The molecule has 250 valence electrons. The van der Waals surface area contributed by atoms with Crippen LogP contribution in [0, 0.1) is 0 Å². The summed E-state index contributed by atoms with van der Waals surface area (Å²) >= 11 is 0. The Balaban J connectivity index is 1.43. The first-order chi connectivity index (χ1) is 24.2. The molecule has 50 heavy (non-hydrogen) atoms. The van der Waals surface area contributed by atoms with Gasteiger partial charge in [0.15, 0.2) is 5.78 Å². The number of allylic oxidation sites excluding steroid dienone is 1. The van der Waals surface area contributed by atoms with Crippen molar-refractivity contribution in [1.29, 1.82) is 0 Å². The summed E-state index contributed by atoms with van der Waals surface area (Å²) in [5, 5.41) is 0. The maximum absolute atomic E-state index is 12.2. The molecule has 0 aliphatic carbocycles. The Kier molecular flexibility index (Phi) is 11.1. The molecule has 0 radical (unpaired) electrons. The van der Waals surface area contributed by atoms with Crippen LogP contribution in [-0.2, 0) is 16.1 Å².